The quantitative estimate of drug-likeness (QED) is 0.458. The molecule has 0 saturated heterocycles. The fourth-order valence-electron chi connectivity index (χ4n) is 0.381. The molecule has 0 amide bonds. The van der Waals surface area contributed by atoms with Gasteiger partial charge in [-0.15, -0.1) is 0 Å². The third-order valence-electron chi connectivity index (χ3n) is 0.785. The number of hydrogen-bond donors (Lipinski definition) is 1. The van der Waals surface area contributed by atoms with E-state index in [1.165, 1.54) is 0 Å². The Morgan fingerprint density at radius 2 is 2.22 bits per heavy atom. The first-order valence-corrected chi connectivity index (χ1v) is 3.23. The smallest absolute Gasteiger partial charge is 0.116 e. The first-order valence-electron chi connectivity index (χ1n) is 3.23. The third kappa shape index (κ3) is 7.50. The number of hydrogen-bond acceptors (Lipinski definition) is 2. The molecule has 0 aliphatic rings. The highest BCUT2D eigenvalue weighted by molar-refractivity contribution is 4.71. The maximum atomic E-state index is 5.18. The summed E-state index contributed by atoms with van der Waals surface area (Å²) in [5.74, 6) is 0. The first kappa shape index (κ1) is 8.50. The zero-order valence-corrected chi connectivity index (χ0v) is 6.35. The minimum atomic E-state index is 0.308. The van der Waals surface area contributed by atoms with Gasteiger partial charge >= 0.3 is 0 Å². The van der Waals surface area contributed by atoms with Crippen molar-refractivity contribution in [2.45, 2.75) is 26.9 Å². The summed E-state index contributed by atoms with van der Waals surface area (Å²) in [5, 5.41) is 2.96. The minimum Gasteiger partial charge on any atom is -0.369 e. The monoisotopic (exact) mass is 129 g/mol. The summed E-state index contributed by atoms with van der Waals surface area (Å²) in [6.07, 6.45) is 4.11. The molecule has 0 aliphatic carbocycles. The van der Waals surface area contributed by atoms with Gasteiger partial charge in [0.2, 0.25) is 0 Å². The molecule has 2 nitrogen and oxygen atoms in total. The van der Waals surface area contributed by atoms with Crippen LogP contribution in [0.15, 0.2) is 12.3 Å². The third-order valence-corrected chi connectivity index (χ3v) is 0.785. The lowest BCUT2D eigenvalue weighted by Crippen LogP contribution is -2.14. The number of rotatable bonds is 4. The maximum Gasteiger partial charge on any atom is 0.116 e. The Balaban J connectivity index is 2.91. The van der Waals surface area contributed by atoms with Crippen molar-refractivity contribution in [3.05, 3.63) is 12.3 Å². The van der Waals surface area contributed by atoms with Crippen LogP contribution in [-0.4, -0.2) is 12.8 Å². The Morgan fingerprint density at radius 1 is 1.56 bits per heavy atom. The second-order valence-electron chi connectivity index (χ2n) is 2.06. The molecule has 0 bridgehead atoms. The molecule has 2 heteroatoms. The van der Waals surface area contributed by atoms with Gasteiger partial charge < -0.3 is 10.1 Å². The molecule has 0 unspecified atom stereocenters. The van der Waals surface area contributed by atoms with E-state index in [1.54, 1.807) is 0 Å². The molecule has 0 aromatic heterocycles. The van der Waals surface area contributed by atoms with E-state index < -0.39 is 0 Å². The molecule has 0 aromatic rings. The van der Waals surface area contributed by atoms with Crippen LogP contribution in [0.4, 0.5) is 0 Å². The topological polar surface area (TPSA) is 21.3 Å². The second kappa shape index (κ2) is 5.63. The highest BCUT2D eigenvalue weighted by Crippen LogP contribution is 1.83. The second-order valence-corrected chi connectivity index (χ2v) is 2.06. The van der Waals surface area contributed by atoms with Crippen LogP contribution in [-0.2, 0) is 4.74 Å². The van der Waals surface area contributed by atoms with Gasteiger partial charge in [-0.25, -0.2) is 0 Å². The summed E-state index contributed by atoms with van der Waals surface area (Å²) >= 11 is 0. The van der Waals surface area contributed by atoms with Crippen LogP contribution < -0.4 is 5.32 Å². The van der Waals surface area contributed by atoms with Gasteiger partial charge in [-0.1, -0.05) is 6.08 Å². The lowest BCUT2D eigenvalue weighted by atomic mass is 10.5. The van der Waals surface area contributed by atoms with Crippen molar-refractivity contribution in [3.8, 4) is 0 Å². The summed E-state index contributed by atoms with van der Waals surface area (Å²) in [7, 11) is 0. The molecule has 0 aromatic carbocycles. The van der Waals surface area contributed by atoms with Crippen LogP contribution >= 0.6 is 0 Å². The van der Waals surface area contributed by atoms with Gasteiger partial charge in [-0.3, -0.25) is 0 Å². The van der Waals surface area contributed by atoms with Crippen molar-refractivity contribution in [1.82, 2.24) is 5.32 Å². The normalized spacial score (nSPS) is 11.1. The average Bonchev–Trinajstić information content (AvgIpc) is 1.80. The fourth-order valence-corrected chi connectivity index (χ4v) is 0.381. The standard InChI is InChI=1S/C7H15NO/c1-4-5-8-6-9-7(2)3/h4-5,7-8H,6H2,1-3H3. The molecule has 54 valence electrons. The zero-order valence-electron chi connectivity index (χ0n) is 6.35. The van der Waals surface area contributed by atoms with Crippen molar-refractivity contribution < 1.29 is 4.74 Å². The summed E-state index contributed by atoms with van der Waals surface area (Å²) in [4.78, 5) is 0. The van der Waals surface area contributed by atoms with Gasteiger partial charge in [0.05, 0.1) is 6.10 Å². The molecule has 0 rings (SSSR count). The van der Waals surface area contributed by atoms with E-state index in [0.717, 1.165) is 0 Å². The molecular formula is C7H15NO. The predicted octanol–water partition coefficient (Wildman–Crippen LogP) is 1.49. The van der Waals surface area contributed by atoms with Crippen LogP contribution in [0.5, 0.6) is 0 Å². The Hall–Kier alpha value is -0.500. The molecule has 0 radical (unpaired) electrons. The Bertz CT molecular complexity index is 79.0. The molecule has 0 fully saturated rings. The molecule has 0 atom stereocenters. The largest absolute Gasteiger partial charge is 0.369 e. The number of allylic oxidation sites excluding steroid dienone is 1. The molecular weight excluding hydrogens is 114 g/mol. The number of ether oxygens (including phenoxy) is 1. The van der Waals surface area contributed by atoms with E-state index in [9.17, 15) is 0 Å². The van der Waals surface area contributed by atoms with Gasteiger partial charge in [-0.2, -0.15) is 0 Å². The van der Waals surface area contributed by atoms with Crippen LogP contribution in [0, 0.1) is 0 Å². The summed E-state index contributed by atoms with van der Waals surface area (Å²) in [5.41, 5.74) is 0. The van der Waals surface area contributed by atoms with Crippen LogP contribution in [0.25, 0.3) is 0 Å². The van der Waals surface area contributed by atoms with E-state index in [1.807, 2.05) is 33.0 Å². The highest BCUT2D eigenvalue weighted by atomic mass is 16.5. The molecule has 1 N–H and O–H groups in total. The lowest BCUT2D eigenvalue weighted by Gasteiger charge is -2.05. The van der Waals surface area contributed by atoms with Gasteiger partial charge in [0.15, 0.2) is 0 Å². The van der Waals surface area contributed by atoms with Crippen molar-refractivity contribution in [3.63, 3.8) is 0 Å². The van der Waals surface area contributed by atoms with Gasteiger partial charge in [-0.05, 0) is 27.0 Å². The Kier molecular flexibility index (Phi) is 5.32. The summed E-state index contributed by atoms with van der Waals surface area (Å²) < 4.78 is 5.18. The van der Waals surface area contributed by atoms with Crippen LogP contribution in [0.2, 0.25) is 0 Å². The highest BCUT2D eigenvalue weighted by Gasteiger charge is 1.87. The maximum absolute atomic E-state index is 5.18. The Labute approximate surface area is 56.9 Å². The first-order chi connectivity index (χ1) is 4.27. The van der Waals surface area contributed by atoms with E-state index in [0.29, 0.717) is 12.8 Å². The van der Waals surface area contributed by atoms with Crippen molar-refractivity contribution in [2.75, 3.05) is 6.73 Å². The van der Waals surface area contributed by atoms with Gasteiger partial charge in [0.25, 0.3) is 0 Å². The molecule has 0 heterocycles. The molecule has 9 heavy (non-hydrogen) atoms. The number of nitrogens with one attached hydrogen (secondary N) is 1. The predicted molar refractivity (Wildman–Crippen MR) is 39.0 cm³/mol. The fraction of sp³-hybridized carbons (Fsp3) is 0.714. The van der Waals surface area contributed by atoms with Crippen molar-refractivity contribution in [1.29, 1.82) is 0 Å². The zero-order chi connectivity index (χ0) is 7.11. The van der Waals surface area contributed by atoms with E-state index in [-0.39, 0.29) is 0 Å². The minimum absolute atomic E-state index is 0.308. The molecule has 0 aliphatic heterocycles. The van der Waals surface area contributed by atoms with Crippen molar-refractivity contribution in [2.24, 2.45) is 0 Å². The van der Waals surface area contributed by atoms with Crippen LogP contribution in [0.1, 0.15) is 20.8 Å². The van der Waals surface area contributed by atoms with Crippen LogP contribution in [0.3, 0.4) is 0 Å². The summed E-state index contributed by atoms with van der Waals surface area (Å²) in [6.45, 7) is 6.58. The summed E-state index contributed by atoms with van der Waals surface area (Å²) in [6, 6.07) is 0. The SMILES string of the molecule is CC=CNCOC(C)C. The molecule has 0 spiro atoms. The van der Waals surface area contributed by atoms with E-state index in [4.69, 9.17) is 4.74 Å². The molecule has 0 saturated carbocycles. The van der Waals surface area contributed by atoms with Crippen molar-refractivity contribution >= 4 is 0 Å². The van der Waals surface area contributed by atoms with E-state index >= 15 is 0 Å². The van der Waals surface area contributed by atoms with Gasteiger partial charge in [0, 0.05) is 0 Å². The van der Waals surface area contributed by atoms with Gasteiger partial charge in [0.1, 0.15) is 6.73 Å². The average molecular weight is 129 g/mol. The Morgan fingerprint density at radius 3 is 2.67 bits per heavy atom. The van der Waals surface area contributed by atoms with E-state index in [2.05, 4.69) is 5.32 Å². The lowest BCUT2D eigenvalue weighted by molar-refractivity contribution is 0.0715.